The van der Waals surface area contributed by atoms with E-state index >= 15 is 0 Å². The standard InChI is InChI=1S/C26H28ClF3N2O3S/c1-36(34,35)32(23-11-20(26(28,29)30)4-7-22(23)27)15-24(33)31-21-5-2-19(3-6-21)25-12-16-8-17(13-25)10-18(9-16)14-25/h2-7,11,16-18H,8-10,12-15H2,1H3,(H,31,33). The molecular formula is C26H28ClF3N2O3S. The fourth-order valence-corrected chi connectivity index (χ4v) is 8.09. The van der Waals surface area contributed by atoms with Crippen LogP contribution in [0.3, 0.4) is 0 Å². The van der Waals surface area contributed by atoms with Crippen molar-refractivity contribution in [3.05, 3.63) is 58.6 Å². The molecule has 1 N–H and O–H groups in total. The summed E-state index contributed by atoms with van der Waals surface area (Å²) in [5.41, 5.74) is 0.535. The third-order valence-electron chi connectivity index (χ3n) is 8.05. The Bertz CT molecular complexity index is 1240. The minimum Gasteiger partial charge on any atom is -0.325 e. The summed E-state index contributed by atoms with van der Waals surface area (Å²) in [6.07, 6.45) is 3.81. The van der Waals surface area contributed by atoms with Gasteiger partial charge in [0.2, 0.25) is 15.9 Å². The Balaban J connectivity index is 1.32. The highest BCUT2D eigenvalue weighted by Gasteiger charge is 2.51. The van der Waals surface area contributed by atoms with Crippen molar-refractivity contribution in [2.75, 3.05) is 22.4 Å². The van der Waals surface area contributed by atoms with Crippen LogP contribution in [0.4, 0.5) is 24.5 Å². The Kier molecular flexibility index (Phi) is 6.31. The van der Waals surface area contributed by atoms with Crippen molar-refractivity contribution in [3.8, 4) is 0 Å². The third kappa shape index (κ3) is 4.96. The van der Waals surface area contributed by atoms with E-state index in [1.165, 1.54) is 44.1 Å². The van der Waals surface area contributed by atoms with Crippen LogP contribution in [0.1, 0.15) is 49.7 Å². The minimum absolute atomic E-state index is 0.207. The summed E-state index contributed by atoms with van der Waals surface area (Å²) in [5, 5.41) is 2.46. The number of carbonyl (C=O) groups excluding carboxylic acids is 1. The smallest absolute Gasteiger partial charge is 0.325 e. The van der Waals surface area contributed by atoms with Crippen LogP contribution < -0.4 is 9.62 Å². The zero-order chi connectivity index (χ0) is 25.9. The van der Waals surface area contributed by atoms with Crippen molar-refractivity contribution in [1.29, 1.82) is 0 Å². The number of nitrogens with one attached hydrogen (secondary N) is 1. The van der Waals surface area contributed by atoms with Crippen molar-refractivity contribution >= 4 is 38.9 Å². The lowest BCUT2D eigenvalue weighted by molar-refractivity contribution is -0.137. The number of carbonyl (C=O) groups is 1. The van der Waals surface area contributed by atoms with Crippen molar-refractivity contribution in [2.24, 2.45) is 17.8 Å². The minimum atomic E-state index is -4.69. The number of nitrogens with zero attached hydrogens (tertiary/aromatic N) is 1. The van der Waals surface area contributed by atoms with Gasteiger partial charge in [0, 0.05) is 5.69 Å². The van der Waals surface area contributed by atoms with Crippen LogP contribution in [0, 0.1) is 17.8 Å². The molecule has 0 aromatic heterocycles. The van der Waals surface area contributed by atoms with Gasteiger partial charge >= 0.3 is 6.18 Å². The van der Waals surface area contributed by atoms with Crippen LogP contribution in [0.25, 0.3) is 0 Å². The van der Waals surface area contributed by atoms with Gasteiger partial charge in [0.05, 0.1) is 22.5 Å². The van der Waals surface area contributed by atoms with Gasteiger partial charge in [-0.25, -0.2) is 8.42 Å². The first-order chi connectivity index (χ1) is 16.8. The fraction of sp³-hybridized carbons (Fsp3) is 0.500. The molecule has 4 fully saturated rings. The summed E-state index contributed by atoms with van der Waals surface area (Å²) in [6.45, 7) is -0.712. The largest absolute Gasteiger partial charge is 0.416 e. The molecule has 4 saturated carbocycles. The maximum absolute atomic E-state index is 13.2. The second-order valence-corrected chi connectivity index (χ2v) is 13.1. The van der Waals surface area contributed by atoms with E-state index in [-0.39, 0.29) is 10.4 Å². The molecule has 2 aromatic carbocycles. The molecule has 5 nitrogen and oxygen atoms in total. The Morgan fingerprint density at radius 3 is 2.08 bits per heavy atom. The number of halogens is 4. The lowest BCUT2D eigenvalue weighted by Crippen LogP contribution is -2.48. The van der Waals surface area contributed by atoms with Gasteiger partial charge in [-0.2, -0.15) is 13.2 Å². The second kappa shape index (κ2) is 8.94. The highest BCUT2D eigenvalue weighted by Crippen LogP contribution is 2.60. The average molecular weight is 541 g/mol. The summed E-state index contributed by atoms with van der Waals surface area (Å²) >= 11 is 6.03. The summed E-state index contributed by atoms with van der Waals surface area (Å²) in [4.78, 5) is 12.8. The first kappa shape index (κ1) is 25.4. The molecule has 0 spiro atoms. The van der Waals surface area contributed by atoms with Gasteiger partial charge in [0.1, 0.15) is 6.54 Å². The number of hydrogen-bond acceptors (Lipinski definition) is 3. The quantitative estimate of drug-likeness (QED) is 0.472. The molecule has 4 bridgehead atoms. The maximum Gasteiger partial charge on any atom is 0.416 e. The van der Waals surface area contributed by atoms with Gasteiger partial charge in [-0.05, 0) is 97.6 Å². The van der Waals surface area contributed by atoms with E-state index < -0.39 is 39.9 Å². The third-order valence-corrected chi connectivity index (χ3v) is 9.50. The molecule has 0 heterocycles. The molecule has 0 aliphatic heterocycles. The number of alkyl halides is 3. The molecule has 6 rings (SSSR count). The first-order valence-electron chi connectivity index (χ1n) is 12.1. The fourth-order valence-electron chi connectivity index (χ4n) is 6.96. The summed E-state index contributed by atoms with van der Waals surface area (Å²) in [5.74, 6) is 1.73. The number of anilines is 2. The molecular weight excluding hydrogens is 513 g/mol. The number of benzene rings is 2. The van der Waals surface area contributed by atoms with Gasteiger partial charge in [0.25, 0.3) is 0 Å². The highest BCUT2D eigenvalue weighted by molar-refractivity contribution is 7.92. The summed E-state index contributed by atoms with van der Waals surface area (Å²) in [7, 11) is -4.10. The Morgan fingerprint density at radius 1 is 1.03 bits per heavy atom. The zero-order valence-corrected chi connectivity index (χ0v) is 21.4. The van der Waals surface area contributed by atoms with Crippen LogP contribution in [-0.4, -0.2) is 27.1 Å². The van der Waals surface area contributed by atoms with E-state index in [2.05, 4.69) is 5.32 Å². The number of hydrogen-bond donors (Lipinski definition) is 1. The Labute approximate surface area is 214 Å². The van der Waals surface area contributed by atoms with Crippen molar-refractivity contribution in [1.82, 2.24) is 0 Å². The molecule has 4 aliphatic rings. The van der Waals surface area contributed by atoms with Crippen molar-refractivity contribution in [2.45, 2.75) is 50.1 Å². The van der Waals surface area contributed by atoms with Gasteiger partial charge in [0.15, 0.2) is 0 Å². The Hall–Kier alpha value is -2.26. The molecule has 36 heavy (non-hydrogen) atoms. The number of sulfonamides is 1. The molecule has 194 valence electrons. The molecule has 1 amide bonds. The molecule has 0 radical (unpaired) electrons. The molecule has 2 aromatic rings. The zero-order valence-electron chi connectivity index (χ0n) is 19.8. The normalized spacial score (nSPS) is 27.2. The van der Waals surface area contributed by atoms with Gasteiger partial charge in [-0.1, -0.05) is 23.7 Å². The topological polar surface area (TPSA) is 66.5 Å². The molecule has 0 saturated heterocycles. The maximum atomic E-state index is 13.2. The monoisotopic (exact) mass is 540 g/mol. The predicted octanol–water partition coefficient (Wildman–Crippen LogP) is 6.23. The lowest BCUT2D eigenvalue weighted by Gasteiger charge is -2.57. The van der Waals surface area contributed by atoms with Crippen LogP contribution >= 0.6 is 11.6 Å². The predicted molar refractivity (Wildman–Crippen MR) is 134 cm³/mol. The van der Waals surface area contributed by atoms with E-state index in [4.69, 9.17) is 11.6 Å². The van der Waals surface area contributed by atoms with Crippen LogP contribution in [0.15, 0.2) is 42.5 Å². The molecule has 0 atom stereocenters. The van der Waals surface area contributed by atoms with Gasteiger partial charge in [-0.15, -0.1) is 0 Å². The number of rotatable bonds is 6. The van der Waals surface area contributed by atoms with Crippen LogP contribution in [-0.2, 0) is 26.4 Å². The highest BCUT2D eigenvalue weighted by atomic mass is 35.5. The van der Waals surface area contributed by atoms with Crippen molar-refractivity contribution in [3.63, 3.8) is 0 Å². The van der Waals surface area contributed by atoms with E-state index in [0.717, 1.165) is 36.1 Å². The summed E-state index contributed by atoms with van der Waals surface area (Å²) in [6, 6.07) is 10.1. The second-order valence-electron chi connectivity index (χ2n) is 10.8. The lowest BCUT2D eigenvalue weighted by atomic mass is 9.48. The molecule has 10 heteroatoms. The Morgan fingerprint density at radius 2 is 1.58 bits per heavy atom. The van der Waals surface area contributed by atoms with Crippen molar-refractivity contribution < 1.29 is 26.4 Å². The van der Waals surface area contributed by atoms with Crippen LogP contribution in [0.5, 0.6) is 0 Å². The average Bonchev–Trinajstić information content (AvgIpc) is 2.76. The van der Waals surface area contributed by atoms with E-state index in [1.54, 1.807) is 0 Å². The molecule has 4 aliphatic carbocycles. The van der Waals surface area contributed by atoms with Gasteiger partial charge < -0.3 is 5.32 Å². The SMILES string of the molecule is CS(=O)(=O)N(CC(=O)Nc1ccc(C23CC4CC(CC(C4)C2)C3)cc1)c1cc(C(F)(F)F)ccc1Cl. The van der Waals surface area contributed by atoms with Crippen LogP contribution in [0.2, 0.25) is 5.02 Å². The first-order valence-corrected chi connectivity index (χ1v) is 14.3. The molecule has 0 unspecified atom stereocenters. The summed E-state index contributed by atoms with van der Waals surface area (Å²) < 4.78 is 64.9. The van der Waals surface area contributed by atoms with E-state index in [1.807, 2.05) is 24.3 Å². The van der Waals surface area contributed by atoms with E-state index in [9.17, 15) is 26.4 Å². The van der Waals surface area contributed by atoms with E-state index in [0.29, 0.717) is 16.1 Å². The number of amides is 1. The van der Waals surface area contributed by atoms with Gasteiger partial charge in [-0.3, -0.25) is 9.10 Å².